The molecule has 0 radical (unpaired) electrons. The van der Waals surface area contributed by atoms with Gasteiger partial charge in [0.05, 0.1) is 23.0 Å². The minimum absolute atomic E-state index is 0.0479. The summed E-state index contributed by atoms with van der Waals surface area (Å²) in [5.41, 5.74) is 5.97. The lowest BCUT2D eigenvalue weighted by Crippen LogP contribution is -2.53. The van der Waals surface area contributed by atoms with Gasteiger partial charge in [-0.15, -0.1) is 0 Å². The maximum Gasteiger partial charge on any atom is 0.258 e. The fourth-order valence-corrected chi connectivity index (χ4v) is 3.25. The van der Waals surface area contributed by atoms with Crippen molar-refractivity contribution < 1.29 is 4.79 Å². The third kappa shape index (κ3) is 2.99. The number of nitrogens with one attached hydrogen (secondary N) is 1. The zero-order chi connectivity index (χ0) is 16.4. The van der Waals surface area contributed by atoms with E-state index in [9.17, 15) is 9.59 Å². The van der Waals surface area contributed by atoms with Crippen LogP contribution >= 0.6 is 0 Å². The van der Waals surface area contributed by atoms with Crippen LogP contribution in [0.5, 0.6) is 0 Å². The second-order valence-corrected chi connectivity index (χ2v) is 6.21. The average Bonchev–Trinajstić information content (AvgIpc) is 3.00. The van der Waals surface area contributed by atoms with Crippen LogP contribution in [0, 0.1) is 0 Å². The third-order valence-electron chi connectivity index (χ3n) is 4.59. The summed E-state index contributed by atoms with van der Waals surface area (Å²) in [7, 11) is 0. The third-order valence-corrected chi connectivity index (χ3v) is 4.59. The maximum absolute atomic E-state index is 12.7. The summed E-state index contributed by atoms with van der Waals surface area (Å²) in [6, 6.07) is 7.18. The first-order valence-corrected chi connectivity index (χ1v) is 8.10. The number of aromatic amines is 1. The van der Waals surface area contributed by atoms with Gasteiger partial charge >= 0.3 is 0 Å². The second-order valence-electron chi connectivity index (χ2n) is 6.21. The van der Waals surface area contributed by atoms with Crippen LogP contribution in [0.2, 0.25) is 0 Å². The molecule has 1 aromatic heterocycles. The lowest BCUT2D eigenvalue weighted by molar-refractivity contribution is -0.137. The molecule has 6 nitrogen and oxygen atoms in total. The highest BCUT2D eigenvalue weighted by molar-refractivity contribution is 5.86. The molecule has 6 heteroatoms. The Morgan fingerprint density at radius 3 is 2.74 bits per heavy atom. The van der Waals surface area contributed by atoms with E-state index >= 15 is 0 Å². The molecule has 122 valence electrons. The maximum atomic E-state index is 12.7. The number of nitrogens with two attached hydrogens (primary N) is 1. The number of aromatic nitrogens is 2. The molecule has 1 heterocycles. The van der Waals surface area contributed by atoms with E-state index in [1.54, 1.807) is 23.1 Å². The topological polar surface area (TPSA) is 92.1 Å². The summed E-state index contributed by atoms with van der Waals surface area (Å²) in [6.45, 7) is 2.72. The molecule has 3 N–H and O–H groups in total. The lowest BCUT2D eigenvalue weighted by Gasteiger charge is -2.30. The Kier molecular flexibility index (Phi) is 4.17. The molecule has 3 rings (SSSR count). The monoisotopic (exact) mass is 314 g/mol. The Labute approximate surface area is 134 Å². The van der Waals surface area contributed by atoms with Crippen molar-refractivity contribution in [3.8, 4) is 0 Å². The van der Waals surface area contributed by atoms with Gasteiger partial charge in [-0.2, -0.15) is 0 Å². The van der Waals surface area contributed by atoms with E-state index in [1.807, 2.05) is 13.0 Å². The SMILES string of the molecule is CCN(Cc1nc2ccccc2c(=O)[nH]1)C(=O)C1(N)CCCC1. The molecule has 23 heavy (non-hydrogen) atoms. The van der Waals surface area contributed by atoms with Crippen LogP contribution < -0.4 is 11.3 Å². The standard InChI is InChI=1S/C17H22N4O2/c1-2-21(16(23)17(18)9-5-6-10-17)11-14-19-13-8-4-3-7-12(13)15(22)20-14/h3-4,7-8H,2,5-6,9-11,18H2,1H3,(H,19,20,22). The highest BCUT2D eigenvalue weighted by Crippen LogP contribution is 2.29. The van der Waals surface area contributed by atoms with E-state index < -0.39 is 5.54 Å². The molecule has 1 fully saturated rings. The Morgan fingerprint density at radius 1 is 1.35 bits per heavy atom. The number of rotatable bonds is 4. The number of amides is 1. The predicted octanol–water partition coefficient (Wildman–Crippen LogP) is 1.54. The van der Waals surface area contributed by atoms with Crippen LogP contribution in [0.3, 0.4) is 0 Å². The molecule has 1 aliphatic rings. The summed E-state index contributed by atoms with van der Waals surface area (Å²) in [6.07, 6.45) is 3.43. The molecule has 0 spiro atoms. The van der Waals surface area contributed by atoms with Gasteiger partial charge in [-0.05, 0) is 31.9 Å². The largest absolute Gasteiger partial charge is 0.334 e. The van der Waals surface area contributed by atoms with Gasteiger partial charge in [0, 0.05) is 6.54 Å². The number of carbonyl (C=O) groups excluding carboxylic acids is 1. The van der Waals surface area contributed by atoms with Crippen molar-refractivity contribution in [3.05, 3.63) is 40.4 Å². The smallest absolute Gasteiger partial charge is 0.258 e. The first-order valence-electron chi connectivity index (χ1n) is 8.10. The van der Waals surface area contributed by atoms with Crippen molar-refractivity contribution in [1.29, 1.82) is 0 Å². The number of hydrogen-bond acceptors (Lipinski definition) is 4. The van der Waals surface area contributed by atoms with Gasteiger partial charge in [0.25, 0.3) is 5.56 Å². The number of carbonyl (C=O) groups is 1. The van der Waals surface area contributed by atoms with Gasteiger partial charge in [0.15, 0.2) is 0 Å². The van der Waals surface area contributed by atoms with E-state index in [1.165, 1.54) is 0 Å². The summed E-state index contributed by atoms with van der Waals surface area (Å²) in [5, 5.41) is 0.553. The van der Waals surface area contributed by atoms with Crippen molar-refractivity contribution in [1.82, 2.24) is 14.9 Å². The Balaban J connectivity index is 1.87. The van der Waals surface area contributed by atoms with Crippen molar-refractivity contribution in [2.24, 2.45) is 5.73 Å². The van der Waals surface area contributed by atoms with Crippen molar-refractivity contribution >= 4 is 16.8 Å². The zero-order valence-electron chi connectivity index (χ0n) is 13.3. The summed E-state index contributed by atoms with van der Waals surface area (Å²) < 4.78 is 0. The first kappa shape index (κ1) is 15.7. The van der Waals surface area contributed by atoms with E-state index in [-0.39, 0.29) is 18.0 Å². The molecular weight excluding hydrogens is 292 g/mol. The molecule has 1 aromatic carbocycles. The minimum atomic E-state index is -0.757. The lowest BCUT2D eigenvalue weighted by atomic mass is 9.97. The van der Waals surface area contributed by atoms with Crippen molar-refractivity contribution in [2.75, 3.05) is 6.54 Å². The molecular formula is C17H22N4O2. The van der Waals surface area contributed by atoms with E-state index in [0.29, 0.717) is 23.3 Å². The Morgan fingerprint density at radius 2 is 2.04 bits per heavy atom. The number of likely N-dealkylation sites (N-methyl/N-ethyl adjacent to an activating group) is 1. The number of benzene rings is 1. The molecule has 1 amide bonds. The summed E-state index contributed by atoms with van der Waals surface area (Å²) in [5.74, 6) is 0.443. The fourth-order valence-electron chi connectivity index (χ4n) is 3.25. The first-order chi connectivity index (χ1) is 11.0. The van der Waals surface area contributed by atoms with Crippen LogP contribution in [0.1, 0.15) is 38.4 Å². The second kappa shape index (κ2) is 6.12. The van der Waals surface area contributed by atoms with Crippen molar-refractivity contribution in [3.63, 3.8) is 0 Å². The quantitative estimate of drug-likeness (QED) is 0.895. The van der Waals surface area contributed by atoms with E-state index in [0.717, 1.165) is 25.7 Å². The van der Waals surface area contributed by atoms with E-state index in [2.05, 4.69) is 9.97 Å². The van der Waals surface area contributed by atoms with E-state index in [4.69, 9.17) is 5.73 Å². The van der Waals surface area contributed by atoms with Crippen LogP contribution in [0.4, 0.5) is 0 Å². The molecule has 0 unspecified atom stereocenters. The highest BCUT2D eigenvalue weighted by atomic mass is 16.2. The number of nitrogens with zero attached hydrogens (tertiary/aromatic N) is 2. The van der Waals surface area contributed by atoms with Crippen LogP contribution in [-0.4, -0.2) is 32.9 Å². The number of fused-ring (bicyclic) bond motifs is 1. The molecule has 0 atom stereocenters. The van der Waals surface area contributed by atoms with Crippen LogP contribution in [0.15, 0.2) is 29.1 Å². The van der Waals surface area contributed by atoms with Crippen LogP contribution in [-0.2, 0) is 11.3 Å². The molecule has 1 saturated carbocycles. The number of H-pyrrole nitrogens is 1. The summed E-state index contributed by atoms with van der Waals surface area (Å²) >= 11 is 0. The molecule has 0 bridgehead atoms. The molecule has 0 aliphatic heterocycles. The van der Waals surface area contributed by atoms with Crippen molar-refractivity contribution in [2.45, 2.75) is 44.7 Å². The number of hydrogen-bond donors (Lipinski definition) is 2. The zero-order valence-corrected chi connectivity index (χ0v) is 13.3. The van der Waals surface area contributed by atoms with Crippen LogP contribution in [0.25, 0.3) is 10.9 Å². The highest BCUT2D eigenvalue weighted by Gasteiger charge is 2.39. The van der Waals surface area contributed by atoms with Gasteiger partial charge in [-0.3, -0.25) is 9.59 Å². The Bertz CT molecular complexity index is 778. The van der Waals surface area contributed by atoms with Gasteiger partial charge in [0.2, 0.25) is 5.91 Å². The van der Waals surface area contributed by atoms with Gasteiger partial charge < -0.3 is 15.6 Å². The minimum Gasteiger partial charge on any atom is -0.334 e. The normalized spacial score (nSPS) is 16.6. The fraction of sp³-hybridized carbons (Fsp3) is 0.471. The number of para-hydroxylation sites is 1. The Hall–Kier alpha value is -2.21. The molecule has 2 aromatic rings. The molecule has 1 aliphatic carbocycles. The van der Waals surface area contributed by atoms with Gasteiger partial charge in [0.1, 0.15) is 5.82 Å². The summed E-state index contributed by atoms with van der Waals surface area (Å²) in [4.78, 5) is 33.8. The van der Waals surface area contributed by atoms with Gasteiger partial charge in [-0.25, -0.2) is 4.98 Å². The van der Waals surface area contributed by atoms with Gasteiger partial charge in [-0.1, -0.05) is 25.0 Å². The average molecular weight is 314 g/mol. The molecule has 0 saturated heterocycles. The predicted molar refractivity (Wildman–Crippen MR) is 88.8 cm³/mol.